The van der Waals surface area contributed by atoms with Gasteiger partial charge in [-0.25, -0.2) is 28.4 Å². The Morgan fingerprint density at radius 1 is 1.08 bits per heavy atom. The number of aromatic carboxylic acids is 1. The number of urea groups is 1. The van der Waals surface area contributed by atoms with Crippen molar-refractivity contribution in [3.05, 3.63) is 51.1 Å². The van der Waals surface area contributed by atoms with Gasteiger partial charge in [-0.05, 0) is 57.6 Å². The average molecular weight is 956 g/mol. The Morgan fingerprint density at radius 3 is 2.15 bits per heavy atom. The summed E-state index contributed by atoms with van der Waals surface area (Å²) in [4.78, 5) is 74.7. The molecule has 1 aliphatic carbocycles. The van der Waals surface area contributed by atoms with E-state index in [1.807, 2.05) is 0 Å². The lowest BCUT2D eigenvalue weighted by Crippen LogP contribution is -2.36. The van der Waals surface area contributed by atoms with Gasteiger partial charge in [0, 0.05) is 25.9 Å². The minimum atomic E-state index is -4.64. The van der Waals surface area contributed by atoms with E-state index in [9.17, 15) is 41.3 Å². The molecule has 2 fully saturated rings. The topological polar surface area (TPSA) is 331 Å². The Bertz CT molecular complexity index is 2380. The molecule has 1 aromatic carbocycles. The molecule has 62 heavy (non-hydrogen) atoms. The van der Waals surface area contributed by atoms with Crippen molar-refractivity contribution in [2.75, 3.05) is 37.3 Å². The second-order valence-corrected chi connectivity index (χ2v) is 18.3. The Kier molecular flexibility index (Phi) is 17.6. The number of nitrogens with zero attached hydrogens (tertiary/aromatic N) is 5. The highest BCUT2D eigenvalue weighted by atomic mass is 35.5. The largest absolute Gasteiger partial charge is 0.489 e. The second-order valence-electron chi connectivity index (χ2n) is 13.3. The first-order chi connectivity index (χ1) is 28.8. The molecule has 5 rings (SSSR count). The van der Waals surface area contributed by atoms with Crippen molar-refractivity contribution in [1.29, 1.82) is 0 Å². The van der Waals surface area contributed by atoms with Crippen molar-refractivity contribution >= 4 is 82.2 Å². The molecule has 2 aliphatic rings. The Labute approximate surface area is 362 Å². The molecule has 0 radical (unpaired) electrons. The molecule has 2 aromatic heterocycles. The van der Waals surface area contributed by atoms with Crippen LogP contribution in [0.1, 0.15) is 56.3 Å². The summed E-state index contributed by atoms with van der Waals surface area (Å²) in [5.41, 5.74) is 4.62. The Balaban J connectivity index is 0.000000269. The molecule has 1 saturated carbocycles. The van der Waals surface area contributed by atoms with Crippen molar-refractivity contribution in [2.24, 2.45) is 12.8 Å². The van der Waals surface area contributed by atoms with Crippen LogP contribution in [0.4, 0.5) is 25.6 Å². The lowest BCUT2D eigenvalue weighted by atomic mass is 10.2. The quantitative estimate of drug-likeness (QED) is 0.102. The fraction of sp³-hybridized carbons (Fsp3) is 0.412. The lowest BCUT2D eigenvalue weighted by molar-refractivity contribution is -0.138. The van der Waals surface area contributed by atoms with Gasteiger partial charge in [0.15, 0.2) is 23.3 Å². The van der Waals surface area contributed by atoms with Crippen LogP contribution in [0.15, 0.2) is 34.6 Å². The number of allylic oxidation sites excluding steroid dienone is 1. The number of ether oxygens (including phenoxy) is 4. The Morgan fingerprint density at radius 2 is 1.66 bits per heavy atom. The van der Waals surface area contributed by atoms with Crippen LogP contribution in [0.25, 0.3) is 0 Å². The number of aryl methyl sites for hydroxylation is 1. The number of aromatic nitrogens is 4. The van der Waals surface area contributed by atoms with Gasteiger partial charge >= 0.3 is 30.0 Å². The van der Waals surface area contributed by atoms with Crippen LogP contribution in [-0.2, 0) is 36.0 Å². The number of nitrogens with two attached hydrogens (primary N) is 1. The third kappa shape index (κ3) is 13.7. The molecule has 2 unspecified atom stereocenters. The number of sulfonamides is 1. The molecule has 23 nitrogen and oxygen atoms in total. The number of imide groups is 1. The molecule has 1 saturated heterocycles. The summed E-state index contributed by atoms with van der Waals surface area (Å²) in [6.07, 6.45) is 3.00. The molecule has 28 heteroatoms. The zero-order chi connectivity index (χ0) is 46.9. The number of cyclic esters (lactones) is 1. The number of anilines is 2. The Hall–Kier alpha value is -5.59. The van der Waals surface area contributed by atoms with Crippen LogP contribution in [0.5, 0.6) is 17.5 Å². The predicted molar refractivity (Wildman–Crippen MR) is 217 cm³/mol. The summed E-state index contributed by atoms with van der Waals surface area (Å²) >= 11 is 11.7. The maximum Gasteiger partial charge on any atom is 0.427 e. The number of carboxylic acids is 2. The third-order valence-corrected chi connectivity index (χ3v) is 11.3. The fourth-order valence-electron chi connectivity index (χ4n) is 5.28. The van der Waals surface area contributed by atoms with Crippen molar-refractivity contribution in [2.45, 2.75) is 63.1 Å². The summed E-state index contributed by atoms with van der Waals surface area (Å²) < 4.78 is 72.6. The molecule has 4 amide bonds. The number of benzene rings is 1. The minimum absolute atomic E-state index is 0.00962. The van der Waals surface area contributed by atoms with E-state index in [1.165, 1.54) is 33.0 Å². The van der Waals surface area contributed by atoms with Crippen LogP contribution in [0.3, 0.4) is 0 Å². The van der Waals surface area contributed by atoms with Gasteiger partial charge in [-0.15, -0.1) is 0 Å². The number of aliphatic carboxylic acids is 1. The van der Waals surface area contributed by atoms with Gasteiger partial charge in [-0.2, -0.15) is 23.5 Å². The van der Waals surface area contributed by atoms with E-state index in [1.54, 1.807) is 18.6 Å². The molecule has 340 valence electrons. The second kappa shape index (κ2) is 21.5. The normalized spacial score (nSPS) is 15.2. The van der Waals surface area contributed by atoms with Gasteiger partial charge in [0.05, 0.1) is 37.1 Å². The number of rotatable bonds is 13. The van der Waals surface area contributed by atoms with E-state index < -0.39 is 75.0 Å². The van der Waals surface area contributed by atoms with Crippen LogP contribution in [0.2, 0.25) is 10.2 Å². The smallest absolute Gasteiger partial charge is 0.427 e. The summed E-state index contributed by atoms with van der Waals surface area (Å²) in [5.74, 6) is -4.32. The average Bonchev–Trinajstić information content (AvgIpc) is 3.88. The monoisotopic (exact) mass is 954 g/mol. The first-order valence-corrected chi connectivity index (χ1v) is 22.3. The molecule has 3 heterocycles. The molecule has 0 bridgehead atoms. The number of methoxy groups -OCH3 is 2. The van der Waals surface area contributed by atoms with E-state index in [0.29, 0.717) is 15.2 Å². The zero-order valence-electron chi connectivity index (χ0n) is 33.7. The minimum Gasteiger partial charge on any atom is -0.489 e. The molecular formula is C34H42Cl2FN8O15PS. The standard InChI is InChI=1S/C17H17ClFNO4.C12H13ClN6O7S.C5H12NO4P/c1-9(2)15-16(21)20(17(22)24-15)13-8-14(11(18)7-12(13)19)23-10-5-3-4-6-10;1-19-9(7(10(20)21)8(13)17-19)27(23,24)18-12(22)16-11-14-5(25-2)4-6(15-11)26-3;1-11(9,10)3-2-4(6)5(7)8/h7-8,10H,3-6H2,1-2H3;4H,1-3H3,(H,20,21)(H2,14,15,16,18,22);4H,2-3,6H2,1H3,(H,7,8)(H,9,10). The number of nitrogens with one attached hydrogen (secondary N) is 2. The van der Waals surface area contributed by atoms with E-state index in [-0.39, 0.29) is 58.6 Å². The maximum absolute atomic E-state index is 14.3. The van der Waals surface area contributed by atoms with E-state index >= 15 is 0 Å². The van der Waals surface area contributed by atoms with Crippen LogP contribution >= 0.6 is 30.6 Å². The highest BCUT2D eigenvalue weighted by molar-refractivity contribution is 7.90. The van der Waals surface area contributed by atoms with Gasteiger partial charge in [0.25, 0.3) is 10.0 Å². The molecular weight excluding hydrogens is 913 g/mol. The van der Waals surface area contributed by atoms with Crippen molar-refractivity contribution in [3.8, 4) is 17.5 Å². The number of hydrogen-bond donors (Lipinski definition) is 6. The molecule has 3 aromatic rings. The maximum atomic E-state index is 14.3. The van der Waals surface area contributed by atoms with Gasteiger partial charge in [0.1, 0.15) is 23.2 Å². The molecule has 1 aliphatic heterocycles. The molecule has 0 spiro atoms. The van der Waals surface area contributed by atoms with Gasteiger partial charge in [0.2, 0.25) is 17.7 Å². The van der Waals surface area contributed by atoms with E-state index in [0.717, 1.165) is 38.8 Å². The van der Waals surface area contributed by atoms with Crippen molar-refractivity contribution in [1.82, 2.24) is 24.5 Å². The number of carboxylic acid groups (broad SMARTS) is 2. The number of amides is 4. The lowest BCUT2D eigenvalue weighted by Gasteiger charge is -2.18. The number of carbonyl (C=O) groups is 5. The van der Waals surface area contributed by atoms with E-state index in [4.69, 9.17) is 63.0 Å². The summed E-state index contributed by atoms with van der Waals surface area (Å²) in [6, 6.07) is 1.36. The number of hydrogen-bond acceptors (Lipinski definition) is 16. The first kappa shape index (κ1) is 50.8. The SMILES string of the molecule is CC(C)=C1OC(=O)N(c2cc(OC3CCCC3)c(Cl)cc2F)C1=O.COc1cc(OC)nc(NC(=O)NS(=O)(=O)c2c(C(=O)O)c(Cl)nn2C)n1.CP(=O)(O)CCC(N)C(=O)O. The highest BCUT2D eigenvalue weighted by Crippen LogP contribution is 2.38. The highest BCUT2D eigenvalue weighted by Gasteiger charge is 2.40. The van der Waals surface area contributed by atoms with Gasteiger partial charge in [-0.1, -0.05) is 23.2 Å². The number of halogens is 3. The summed E-state index contributed by atoms with van der Waals surface area (Å²) in [5, 5.41) is 21.8. The zero-order valence-corrected chi connectivity index (χ0v) is 36.9. The number of carbonyl (C=O) groups excluding carboxylic acids is 3. The predicted octanol–water partition coefficient (Wildman–Crippen LogP) is 4.36. The molecule has 2 atom stereocenters. The fourth-order valence-corrected chi connectivity index (χ4v) is 7.81. The third-order valence-electron chi connectivity index (χ3n) is 8.20. The first-order valence-electron chi connectivity index (χ1n) is 17.7. The van der Waals surface area contributed by atoms with Crippen molar-refractivity contribution in [3.63, 3.8) is 0 Å². The summed E-state index contributed by atoms with van der Waals surface area (Å²) in [6.45, 7) is 4.45. The van der Waals surface area contributed by atoms with E-state index in [2.05, 4.69) is 20.4 Å². The van der Waals surface area contributed by atoms with Crippen LogP contribution < -0.4 is 34.9 Å². The summed E-state index contributed by atoms with van der Waals surface area (Å²) in [7, 11) is -3.96. The molecule has 7 N–H and O–H groups in total. The van der Waals surface area contributed by atoms with Crippen molar-refractivity contribution < 1.29 is 75.4 Å². The van der Waals surface area contributed by atoms with Crippen LogP contribution in [-0.4, -0.2) is 112 Å². The van der Waals surface area contributed by atoms with Crippen LogP contribution in [0, 0.1) is 5.82 Å². The van der Waals surface area contributed by atoms with Gasteiger partial charge < -0.3 is 39.8 Å². The van der Waals surface area contributed by atoms with Gasteiger partial charge in [-0.3, -0.25) is 24.2 Å².